The van der Waals surface area contributed by atoms with E-state index in [4.69, 9.17) is 27.7 Å². The molecule has 3 nitrogen and oxygen atoms in total. The van der Waals surface area contributed by atoms with Crippen molar-refractivity contribution in [2.75, 3.05) is 6.61 Å². The number of halogens is 3. The number of nitrogens with zero attached hydrogens (tertiary/aromatic N) is 1. The van der Waals surface area contributed by atoms with Gasteiger partial charge in [0, 0.05) is 16.6 Å². The monoisotopic (exact) mass is 465 g/mol. The van der Waals surface area contributed by atoms with Crippen molar-refractivity contribution in [1.29, 1.82) is 0 Å². The first-order chi connectivity index (χ1) is 13.0. The van der Waals surface area contributed by atoms with Crippen LogP contribution in [0.3, 0.4) is 0 Å². The Morgan fingerprint density at radius 3 is 2.56 bits per heavy atom. The molecule has 0 aliphatic carbocycles. The van der Waals surface area contributed by atoms with Gasteiger partial charge in [0.1, 0.15) is 0 Å². The molecule has 0 saturated carbocycles. The second-order valence-corrected chi connectivity index (χ2v) is 7.82. The number of rotatable bonds is 6. The summed E-state index contributed by atoms with van der Waals surface area (Å²) >= 11 is 15.8. The molecule has 1 heterocycles. The Kier molecular flexibility index (Phi) is 6.77. The van der Waals surface area contributed by atoms with Gasteiger partial charge in [-0.3, -0.25) is 0 Å². The van der Waals surface area contributed by atoms with Crippen LogP contribution in [0.2, 0.25) is 10.0 Å². The molecule has 0 radical (unpaired) electrons. The van der Waals surface area contributed by atoms with E-state index in [1.54, 1.807) is 6.07 Å². The van der Waals surface area contributed by atoms with E-state index in [1.165, 1.54) is 0 Å². The lowest BCUT2D eigenvalue weighted by molar-refractivity contribution is 0.289. The average Bonchev–Trinajstić information content (AvgIpc) is 3.03. The second kappa shape index (κ2) is 9.07. The summed E-state index contributed by atoms with van der Waals surface area (Å²) in [5.74, 6) is 0.696. The summed E-state index contributed by atoms with van der Waals surface area (Å²) < 4.78 is 6.66. The molecular formula is C21H18BrCl2NO2. The third kappa shape index (κ3) is 4.64. The number of unbranched alkanes of at least 4 members (excludes halogenated alkanes) is 1. The molecule has 0 amide bonds. The van der Waals surface area contributed by atoms with Gasteiger partial charge in [0.25, 0.3) is 0 Å². The molecule has 140 valence electrons. The van der Waals surface area contributed by atoms with Crippen molar-refractivity contribution in [2.45, 2.75) is 19.8 Å². The highest BCUT2D eigenvalue weighted by Crippen LogP contribution is 2.37. The van der Waals surface area contributed by atoms with Gasteiger partial charge in [0.2, 0.25) is 0 Å². The van der Waals surface area contributed by atoms with Crippen LogP contribution in [0.15, 0.2) is 57.5 Å². The van der Waals surface area contributed by atoms with E-state index in [1.807, 2.05) is 43.3 Å². The van der Waals surface area contributed by atoms with E-state index in [0.29, 0.717) is 22.2 Å². The Morgan fingerprint density at radius 1 is 1.15 bits per heavy atom. The zero-order valence-corrected chi connectivity index (χ0v) is 17.8. The second-order valence-electron chi connectivity index (χ2n) is 6.09. The van der Waals surface area contributed by atoms with Gasteiger partial charge in [-0.05, 0) is 67.3 Å². The number of allylic oxidation sites excluding steroid dienone is 1. The van der Waals surface area contributed by atoms with Crippen molar-refractivity contribution >= 4 is 44.7 Å². The molecular weight excluding hydrogens is 449 g/mol. The van der Waals surface area contributed by atoms with Gasteiger partial charge in [0.15, 0.2) is 5.76 Å². The SMILES string of the molecule is Cc1noc(-c2ccc(Br)cc2)c1/C(=C\CCCO)c1ccc(Cl)c(Cl)c1. The molecule has 0 fully saturated rings. The highest BCUT2D eigenvalue weighted by atomic mass is 79.9. The van der Waals surface area contributed by atoms with E-state index in [2.05, 4.69) is 27.2 Å². The minimum absolute atomic E-state index is 0.132. The first kappa shape index (κ1) is 20.2. The zero-order valence-electron chi connectivity index (χ0n) is 14.7. The molecule has 0 spiro atoms. The van der Waals surface area contributed by atoms with Crippen molar-refractivity contribution in [1.82, 2.24) is 5.16 Å². The number of aromatic nitrogens is 1. The third-order valence-electron chi connectivity index (χ3n) is 4.18. The van der Waals surface area contributed by atoms with Crippen LogP contribution in [-0.2, 0) is 0 Å². The highest BCUT2D eigenvalue weighted by molar-refractivity contribution is 9.10. The van der Waals surface area contributed by atoms with Gasteiger partial charge in [-0.25, -0.2) is 0 Å². The fourth-order valence-electron chi connectivity index (χ4n) is 2.85. The maximum absolute atomic E-state index is 9.17. The van der Waals surface area contributed by atoms with Gasteiger partial charge in [-0.2, -0.15) is 0 Å². The Labute approximate surface area is 176 Å². The molecule has 0 bridgehead atoms. The molecule has 0 saturated heterocycles. The van der Waals surface area contributed by atoms with E-state index < -0.39 is 0 Å². The fourth-order valence-corrected chi connectivity index (χ4v) is 3.41. The number of benzene rings is 2. The molecule has 2 aromatic carbocycles. The van der Waals surface area contributed by atoms with Crippen LogP contribution in [0.25, 0.3) is 16.9 Å². The van der Waals surface area contributed by atoms with Crippen LogP contribution in [-0.4, -0.2) is 16.9 Å². The van der Waals surface area contributed by atoms with Gasteiger partial charge in [-0.15, -0.1) is 0 Å². The highest BCUT2D eigenvalue weighted by Gasteiger charge is 2.20. The van der Waals surface area contributed by atoms with Crippen LogP contribution >= 0.6 is 39.1 Å². The Balaban J connectivity index is 2.15. The summed E-state index contributed by atoms with van der Waals surface area (Å²) in [7, 11) is 0. The van der Waals surface area contributed by atoms with Crippen molar-refractivity contribution < 1.29 is 9.63 Å². The van der Waals surface area contributed by atoms with E-state index >= 15 is 0 Å². The van der Waals surface area contributed by atoms with Crippen LogP contribution in [0, 0.1) is 6.92 Å². The van der Waals surface area contributed by atoms with Gasteiger partial charge in [-0.1, -0.05) is 56.4 Å². The number of hydrogen-bond acceptors (Lipinski definition) is 3. The normalized spacial score (nSPS) is 11.8. The standard InChI is InChI=1S/C21H18BrCl2NO2/c1-13-20(21(27-25-13)14-5-8-16(22)9-6-14)17(4-2-3-11-26)15-7-10-18(23)19(24)12-15/h4-10,12,26H,2-3,11H2,1H3/b17-4-. The molecule has 0 atom stereocenters. The molecule has 1 N–H and O–H groups in total. The first-order valence-electron chi connectivity index (χ1n) is 8.50. The smallest absolute Gasteiger partial charge is 0.174 e. The number of aliphatic hydroxyl groups excluding tert-OH is 1. The third-order valence-corrected chi connectivity index (χ3v) is 5.45. The zero-order chi connectivity index (χ0) is 19.4. The van der Waals surface area contributed by atoms with Crippen molar-refractivity contribution in [2.24, 2.45) is 0 Å². The lowest BCUT2D eigenvalue weighted by Crippen LogP contribution is -1.93. The van der Waals surface area contributed by atoms with Crippen LogP contribution in [0.1, 0.15) is 29.7 Å². The summed E-state index contributed by atoms with van der Waals surface area (Å²) in [4.78, 5) is 0. The quantitative estimate of drug-likeness (QED) is 0.401. The number of hydrogen-bond donors (Lipinski definition) is 1. The summed E-state index contributed by atoms with van der Waals surface area (Å²) in [6.45, 7) is 2.05. The molecule has 3 rings (SSSR count). The van der Waals surface area contributed by atoms with Crippen molar-refractivity contribution in [3.63, 3.8) is 0 Å². The largest absolute Gasteiger partial charge is 0.396 e. The minimum atomic E-state index is 0.132. The number of aliphatic hydroxyl groups is 1. The van der Waals surface area contributed by atoms with Crippen LogP contribution in [0.5, 0.6) is 0 Å². The van der Waals surface area contributed by atoms with E-state index in [0.717, 1.165) is 38.9 Å². The Bertz CT molecular complexity index is 965. The summed E-state index contributed by atoms with van der Waals surface area (Å²) in [5, 5.41) is 14.4. The summed E-state index contributed by atoms with van der Waals surface area (Å²) in [6.07, 6.45) is 3.47. The summed E-state index contributed by atoms with van der Waals surface area (Å²) in [6, 6.07) is 13.4. The van der Waals surface area contributed by atoms with E-state index in [9.17, 15) is 5.11 Å². The predicted octanol–water partition coefficient (Wildman–Crippen LogP) is 6.92. The van der Waals surface area contributed by atoms with Crippen LogP contribution < -0.4 is 0 Å². The maximum atomic E-state index is 9.17. The average molecular weight is 467 g/mol. The maximum Gasteiger partial charge on any atom is 0.174 e. The van der Waals surface area contributed by atoms with Gasteiger partial charge >= 0.3 is 0 Å². The van der Waals surface area contributed by atoms with Crippen molar-refractivity contribution in [3.8, 4) is 11.3 Å². The minimum Gasteiger partial charge on any atom is -0.396 e. The molecule has 27 heavy (non-hydrogen) atoms. The number of aryl methyl sites for hydroxylation is 1. The topological polar surface area (TPSA) is 46.3 Å². The Hall–Kier alpha value is -1.59. The molecule has 6 heteroatoms. The van der Waals surface area contributed by atoms with Crippen molar-refractivity contribution in [3.05, 3.63) is 79.9 Å². The Morgan fingerprint density at radius 2 is 1.89 bits per heavy atom. The van der Waals surface area contributed by atoms with E-state index in [-0.39, 0.29) is 6.61 Å². The van der Waals surface area contributed by atoms with Gasteiger partial charge in [0.05, 0.1) is 21.3 Å². The molecule has 0 aliphatic heterocycles. The summed E-state index contributed by atoms with van der Waals surface area (Å²) in [5.41, 5.74) is 4.51. The molecule has 1 aromatic heterocycles. The molecule has 0 aliphatic rings. The van der Waals surface area contributed by atoms with Gasteiger partial charge < -0.3 is 9.63 Å². The molecule has 3 aromatic rings. The molecule has 0 unspecified atom stereocenters. The lowest BCUT2D eigenvalue weighted by Gasteiger charge is -2.11. The fraction of sp³-hybridized carbons (Fsp3) is 0.190. The van der Waals surface area contributed by atoms with Crippen LogP contribution in [0.4, 0.5) is 0 Å². The lowest BCUT2D eigenvalue weighted by atomic mass is 9.93. The first-order valence-corrected chi connectivity index (χ1v) is 10.0. The predicted molar refractivity (Wildman–Crippen MR) is 114 cm³/mol.